The number of methoxy groups -OCH3 is 2. The minimum Gasteiger partial charge on any atom is -0.497 e. The van der Waals surface area contributed by atoms with Crippen molar-refractivity contribution in [1.82, 2.24) is 4.90 Å². The van der Waals surface area contributed by atoms with E-state index in [0.717, 1.165) is 22.6 Å². The molecule has 0 heterocycles. The summed E-state index contributed by atoms with van der Waals surface area (Å²) in [6, 6.07) is 21.0. The zero-order chi connectivity index (χ0) is 20.6. The fourth-order valence-electron chi connectivity index (χ4n) is 3.14. The molecule has 1 amide bonds. The molecule has 0 spiro atoms. The van der Waals surface area contributed by atoms with Crippen LogP contribution in [0.5, 0.6) is 11.5 Å². The molecule has 0 radical (unpaired) electrons. The van der Waals surface area contributed by atoms with Gasteiger partial charge in [-0.15, -0.1) is 0 Å². The van der Waals surface area contributed by atoms with Crippen LogP contribution in [0.3, 0.4) is 0 Å². The number of hydrogen-bond donors (Lipinski definition) is 0. The molecule has 0 aliphatic rings. The molecule has 0 N–H and O–H groups in total. The van der Waals surface area contributed by atoms with Gasteiger partial charge < -0.3 is 14.4 Å². The molecule has 3 aromatic carbocycles. The SMILES string of the molecule is COc1ccc(CN(CCc2ccccc2OC)C(=O)c2ccc(F)cc2)cc1. The van der Waals surface area contributed by atoms with E-state index in [1.807, 2.05) is 48.5 Å². The summed E-state index contributed by atoms with van der Waals surface area (Å²) in [6.45, 7) is 0.942. The van der Waals surface area contributed by atoms with E-state index in [9.17, 15) is 9.18 Å². The Bertz CT molecular complexity index is 939. The Balaban J connectivity index is 1.81. The topological polar surface area (TPSA) is 38.8 Å². The molecule has 3 aromatic rings. The van der Waals surface area contributed by atoms with E-state index in [1.165, 1.54) is 24.3 Å². The van der Waals surface area contributed by atoms with Gasteiger partial charge >= 0.3 is 0 Å². The lowest BCUT2D eigenvalue weighted by atomic mass is 10.1. The van der Waals surface area contributed by atoms with Crippen LogP contribution in [0.15, 0.2) is 72.8 Å². The van der Waals surface area contributed by atoms with Crippen molar-refractivity contribution in [1.29, 1.82) is 0 Å². The number of para-hydroxylation sites is 1. The quantitative estimate of drug-likeness (QED) is 0.555. The number of benzene rings is 3. The Labute approximate surface area is 170 Å². The zero-order valence-electron chi connectivity index (χ0n) is 16.6. The molecule has 4 nitrogen and oxygen atoms in total. The van der Waals surface area contributed by atoms with Crippen molar-refractivity contribution in [3.05, 3.63) is 95.3 Å². The minimum absolute atomic E-state index is 0.143. The van der Waals surface area contributed by atoms with Crippen LogP contribution in [0.2, 0.25) is 0 Å². The summed E-state index contributed by atoms with van der Waals surface area (Å²) < 4.78 is 23.9. The van der Waals surface area contributed by atoms with Crippen LogP contribution in [-0.4, -0.2) is 31.6 Å². The minimum atomic E-state index is -0.364. The summed E-state index contributed by atoms with van der Waals surface area (Å²) in [6.07, 6.45) is 0.646. The highest BCUT2D eigenvalue weighted by atomic mass is 19.1. The smallest absolute Gasteiger partial charge is 0.254 e. The van der Waals surface area contributed by atoms with Gasteiger partial charge in [-0.3, -0.25) is 4.79 Å². The van der Waals surface area contributed by atoms with E-state index in [4.69, 9.17) is 9.47 Å². The standard InChI is InChI=1S/C24H24FNO3/c1-28-22-13-7-18(8-14-22)17-26(24(27)20-9-11-21(25)12-10-20)16-15-19-5-3-4-6-23(19)29-2/h3-14H,15-17H2,1-2H3. The maximum atomic E-state index is 13.3. The number of halogens is 1. The summed E-state index contributed by atoms with van der Waals surface area (Å²) in [5.41, 5.74) is 2.47. The van der Waals surface area contributed by atoms with Crippen LogP contribution in [0, 0.1) is 5.82 Å². The summed E-state index contributed by atoms with van der Waals surface area (Å²) in [4.78, 5) is 14.9. The highest BCUT2D eigenvalue weighted by molar-refractivity contribution is 5.94. The van der Waals surface area contributed by atoms with Crippen LogP contribution in [-0.2, 0) is 13.0 Å². The first-order valence-corrected chi connectivity index (χ1v) is 9.40. The van der Waals surface area contributed by atoms with Gasteiger partial charge in [0.15, 0.2) is 0 Å². The van der Waals surface area contributed by atoms with Crippen molar-refractivity contribution in [2.45, 2.75) is 13.0 Å². The summed E-state index contributed by atoms with van der Waals surface area (Å²) in [7, 11) is 3.25. The normalized spacial score (nSPS) is 10.4. The molecule has 0 unspecified atom stereocenters. The van der Waals surface area contributed by atoms with E-state index in [1.54, 1.807) is 19.1 Å². The molecule has 5 heteroatoms. The van der Waals surface area contributed by atoms with Gasteiger partial charge in [0.05, 0.1) is 14.2 Å². The fraction of sp³-hybridized carbons (Fsp3) is 0.208. The van der Waals surface area contributed by atoms with E-state index in [2.05, 4.69) is 0 Å². The molecule has 3 rings (SSSR count). The lowest BCUT2D eigenvalue weighted by Gasteiger charge is -2.24. The average molecular weight is 393 g/mol. The molecule has 0 atom stereocenters. The van der Waals surface area contributed by atoms with Gasteiger partial charge in [0.2, 0.25) is 0 Å². The van der Waals surface area contributed by atoms with E-state index in [-0.39, 0.29) is 11.7 Å². The van der Waals surface area contributed by atoms with Gasteiger partial charge in [-0.2, -0.15) is 0 Å². The van der Waals surface area contributed by atoms with E-state index >= 15 is 0 Å². The number of carbonyl (C=O) groups excluding carboxylic acids is 1. The molecular formula is C24H24FNO3. The van der Waals surface area contributed by atoms with Gasteiger partial charge in [0.1, 0.15) is 17.3 Å². The number of carbonyl (C=O) groups is 1. The molecular weight excluding hydrogens is 369 g/mol. The van der Waals surface area contributed by atoms with Crippen molar-refractivity contribution < 1.29 is 18.7 Å². The molecule has 0 aliphatic carbocycles. The maximum absolute atomic E-state index is 13.3. The summed E-state index contributed by atoms with van der Waals surface area (Å²) in [5, 5.41) is 0. The Morgan fingerprint density at radius 3 is 2.24 bits per heavy atom. The number of hydrogen-bond acceptors (Lipinski definition) is 3. The molecule has 0 fully saturated rings. The molecule has 0 saturated heterocycles. The Kier molecular flexibility index (Phi) is 6.85. The number of nitrogens with zero attached hydrogens (tertiary/aromatic N) is 1. The lowest BCUT2D eigenvalue weighted by molar-refractivity contribution is 0.0744. The van der Waals surface area contributed by atoms with Gasteiger partial charge in [-0.05, 0) is 60.0 Å². The molecule has 0 aromatic heterocycles. The number of rotatable bonds is 8. The van der Waals surface area contributed by atoms with Gasteiger partial charge in [0, 0.05) is 18.7 Å². The second-order valence-electron chi connectivity index (χ2n) is 6.64. The van der Waals surface area contributed by atoms with Crippen molar-refractivity contribution in [2.75, 3.05) is 20.8 Å². The Morgan fingerprint density at radius 2 is 1.59 bits per heavy atom. The first kappa shape index (κ1) is 20.4. The second kappa shape index (κ2) is 9.73. The fourth-order valence-corrected chi connectivity index (χ4v) is 3.14. The third-order valence-electron chi connectivity index (χ3n) is 4.75. The van der Waals surface area contributed by atoms with Crippen molar-refractivity contribution in [3.8, 4) is 11.5 Å². The summed E-state index contributed by atoms with van der Waals surface area (Å²) >= 11 is 0. The zero-order valence-corrected chi connectivity index (χ0v) is 16.6. The monoisotopic (exact) mass is 393 g/mol. The van der Waals surface area contributed by atoms with Crippen molar-refractivity contribution in [3.63, 3.8) is 0 Å². The molecule has 150 valence electrons. The van der Waals surface area contributed by atoms with Crippen molar-refractivity contribution in [2.24, 2.45) is 0 Å². The van der Waals surface area contributed by atoms with Gasteiger partial charge in [-0.1, -0.05) is 30.3 Å². The Morgan fingerprint density at radius 1 is 0.897 bits per heavy atom. The van der Waals surface area contributed by atoms with Gasteiger partial charge in [0.25, 0.3) is 5.91 Å². The average Bonchev–Trinajstić information content (AvgIpc) is 2.77. The van der Waals surface area contributed by atoms with Crippen LogP contribution in [0.25, 0.3) is 0 Å². The highest BCUT2D eigenvalue weighted by Gasteiger charge is 2.17. The third-order valence-corrected chi connectivity index (χ3v) is 4.75. The third kappa shape index (κ3) is 5.35. The van der Waals surface area contributed by atoms with Crippen molar-refractivity contribution >= 4 is 5.91 Å². The first-order valence-electron chi connectivity index (χ1n) is 9.40. The molecule has 0 bridgehead atoms. The highest BCUT2D eigenvalue weighted by Crippen LogP contribution is 2.20. The second-order valence-corrected chi connectivity index (χ2v) is 6.64. The Hall–Kier alpha value is -3.34. The van der Waals surface area contributed by atoms with Crippen LogP contribution in [0.1, 0.15) is 21.5 Å². The van der Waals surface area contributed by atoms with E-state index < -0.39 is 0 Å². The van der Waals surface area contributed by atoms with E-state index in [0.29, 0.717) is 25.1 Å². The maximum Gasteiger partial charge on any atom is 0.254 e. The lowest BCUT2D eigenvalue weighted by Crippen LogP contribution is -2.32. The predicted molar refractivity (Wildman–Crippen MR) is 111 cm³/mol. The van der Waals surface area contributed by atoms with Crippen LogP contribution >= 0.6 is 0 Å². The predicted octanol–water partition coefficient (Wildman–Crippen LogP) is 4.73. The van der Waals surface area contributed by atoms with Crippen LogP contribution < -0.4 is 9.47 Å². The first-order chi connectivity index (χ1) is 14.1. The number of ether oxygens (including phenoxy) is 2. The molecule has 0 aliphatic heterocycles. The van der Waals surface area contributed by atoms with Crippen LogP contribution in [0.4, 0.5) is 4.39 Å². The largest absolute Gasteiger partial charge is 0.497 e. The number of amides is 1. The van der Waals surface area contributed by atoms with Gasteiger partial charge in [-0.25, -0.2) is 4.39 Å². The molecule has 29 heavy (non-hydrogen) atoms. The summed E-state index contributed by atoms with van der Waals surface area (Å²) in [5.74, 6) is 1.05. The molecule has 0 saturated carbocycles.